The van der Waals surface area contributed by atoms with E-state index in [1.807, 2.05) is 0 Å². The first-order valence-electron chi connectivity index (χ1n) is 5.99. The quantitative estimate of drug-likeness (QED) is 0.874. The van der Waals surface area contributed by atoms with Crippen molar-refractivity contribution in [1.82, 2.24) is 0 Å². The molecule has 5 nitrogen and oxygen atoms in total. The number of aliphatic carboxylic acids is 1. The molecule has 0 radical (unpaired) electrons. The summed E-state index contributed by atoms with van der Waals surface area (Å²) in [5, 5.41) is 9.43. The average molecular weight is 303 g/mol. The molecule has 0 aliphatic rings. The summed E-state index contributed by atoms with van der Waals surface area (Å²) in [6, 6.07) is 1.58. The van der Waals surface area contributed by atoms with Crippen molar-refractivity contribution in [3.63, 3.8) is 0 Å². The zero-order chi connectivity index (χ0) is 15.5. The molecule has 0 bridgehead atoms. The van der Waals surface area contributed by atoms with Crippen LogP contribution in [-0.4, -0.2) is 32.4 Å². The summed E-state index contributed by atoms with van der Waals surface area (Å²) >= 11 is 6.18. The van der Waals surface area contributed by atoms with Gasteiger partial charge in [-0.25, -0.2) is 0 Å². The monoisotopic (exact) mass is 302 g/mol. The van der Waals surface area contributed by atoms with Gasteiger partial charge in [-0.3, -0.25) is 4.79 Å². The lowest BCUT2D eigenvalue weighted by atomic mass is 9.80. The van der Waals surface area contributed by atoms with Crippen molar-refractivity contribution in [1.29, 1.82) is 0 Å². The molecule has 1 aromatic rings. The van der Waals surface area contributed by atoms with Crippen molar-refractivity contribution in [2.45, 2.75) is 25.7 Å². The lowest BCUT2D eigenvalue weighted by molar-refractivity contribution is -0.138. The predicted octanol–water partition coefficient (Wildman–Crippen LogP) is 3.12. The number of carbonyl (C=O) groups is 1. The van der Waals surface area contributed by atoms with E-state index in [4.69, 9.17) is 30.9 Å². The highest BCUT2D eigenvalue weighted by molar-refractivity contribution is 6.32. The smallest absolute Gasteiger partial charge is 0.304 e. The Hall–Kier alpha value is -1.62. The summed E-state index contributed by atoms with van der Waals surface area (Å²) in [5.74, 6) is 0.348. The number of rotatable bonds is 6. The van der Waals surface area contributed by atoms with Gasteiger partial charge in [-0.05, 0) is 0 Å². The van der Waals surface area contributed by atoms with Gasteiger partial charge in [0.2, 0.25) is 0 Å². The SMILES string of the molecule is COc1cc(Cl)c(OC)c(C(C)(C)CC(=O)O)c1OC. The third-order valence-corrected chi connectivity index (χ3v) is 3.33. The molecule has 0 unspecified atom stereocenters. The number of methoxy groups -OCH3 is 3. The van der Waals surface area contributed by atoms with Gasteiger partial charge < -0.3 is 19.3 Å². The molecule has 1 aromatic carbocycles. The number of ether oxygens (including phenoxy) is 3. The lowest BCUT2D eigenvalue weighted by Gasteiger charge is -2.28. The number of halogens is 1. The first-order chi connectivity index (χ1) is 9.28. The van der Waals surface area contributed by atoms with E-state index in [-0.39, 0.29) is 6.42 Å². The van der Waals surface area contributed by atoms with Crippen molar-refractivity contribution in [3.05, 3.63) is 16.7 Å². The van der Waals surface area contributed by atoms with E-state index in [0.717, 1.165) is 0 Å². The molecule has 0 spiro atoms. The largest absolute Gasteiger partial charge is 0.495 e. The van der Waals surface area contributed by atoms with Gasteiger partial charge in [0.05, 0.1) is 32.8 Å². The number of hydrogen-bond acceptors (Lipinski definition) is 4. The Morgan fingerprint density at radius 2 is 1.75 bits per heavy atom. The summed E-state index contributed by atoms with van der Waals surface area (Å²) in [6.45, 7) is 3.58. The predicted molar refractivity (Wildman–Crippen MR) is 76.4 cm³/mol. The van der Waals surface area contributed by atoms with Gasteiger partial charge in [0.1, 0.15) is 5.75 Å². The van der Waals surface area contributed by atoms with Gasteiger partial charge in [0, 0.05) is 17.0 Å². The molecule has 0 aliphatic carbocycles. The molecule has 0 saturated carbocycles. The van der Waals surface area contributed by atoms with E-state index in [1.165, 1.54) is 21.3 Å². The minimum Gasteiger partial charge on any atom is -0.495 e. The second-order valence-electron chi connectivity index (χ2n) is 4.96. The standard InChI is InChI=1S/C14H19ClO5/c1-14(2,7-10(16)17)11-12(19-4)8(15)6-9(18-3)13(11)20-5/h6H,7H2,1-5H3,(H,16,17). The third kappa shape index (κ3) is 3.10. The molecular formula is C14H19ClO5. The molecule has 112 valence electrons. The van der Waals surface area contributed by atoms with E-state index >= 15 is 0 Å². The number of carboxylic acids is 1. The maximum atomic E-state index is 11.1. The Balaban J connectivity index is 3.63. The van der Waals surface area contributed by atoms with Gasteiger partial charge in [-0.2, -0.15) is 0 Å². The molecule has 1 rings (SSSR count). The fourth-order valence-electron chi connectivity index (χ4n) is 2.23. The molecule has 0 amide bonds. The Labute approximate surface area is 123 Å². The Bertz CT molecular complexity index is 511. The highest BCUT2D eigenvalue weighted by atomic mass is 35.5. The molecule has 0 fully saturated rings. The van der Waals surface area contributed by atoms with Crippen LogP contribution in [0, 0.1) is 0 Å². The molecule has 6 heteroatoms. The molecule has 1 N–H and O–H groups in total. The van der Waals surface area contributed by atoms with Crippen LogP contribution < -0.4 is 14.2 Å². The summed E-state index contributed by atoms with van der Waals surface area (Å²) in [7, 11) is 4.47. The van der Waals surface area contributed by atoms with E-state index in [0.29, 0.717) is 27.8 Å². The van der Waals surface area contributed by atoms with E-state index < -0.39 is 11.4 Å². The van der Waals surface area contributed by atoms with Crippen LogP contribution in [0.25, 0.3) is 0 Å². The van der Waals surface area contributed by atoms with Crippen molar-refractivity contribution in [2.75, 3.05) is 21.3 Å². The maximum Gasteiger partial charge on any atom is 0.304 e. The van der Waals surface area contributed by atoms with Crippen LogP contribution in [0.5, 0.6) is 17.2 Å². The van der Waals surface area contributed by atoms with Crippen LogP contribution in [0.1, 0.15) is 25.8 Å². The fourth-order valence-corrected chi connectivity index (χ4v) is 2.50. The van der Waals surface area contributed by atoms with Crippen molar-refractivity contribution >= 4 is 17.6 Å². The Kier molecular flexibility index (Phi) is 5.11. The molecule has 0 heterocycles. The van der Waals surface area contributed by atoms with Gasteiger partial charge in [-0.1, -0.05) is 25.4 Å². The number of carboxylic acid groups (broad SMARTS) is 1. The van der Waals surface area contributed by atoms with Crippen LogP contribution in [0.2, 0.25) is 5.02 Å². The van der Waals surface area contributed by atoms with E-state index in [1.54, 1.807) is 19.9 Å². The minimum absolute atomic E-state index is 0.0940. The fraction of sp³-hybridized carbons (Fsp3) is 0.500. The maximum absolute atomic E-state index is 11.1. The van der Waals surface area contributed by atoms with Crippen molar-refractivity contribution in [2.24, 2.45) is 0 Å². The summed E-state index contributed by atoms with van der Waals surface area (Å²) in [5.41, 5.74) is -0.157. The van der Waals surface area contributed by atoms with Gasteiger partial charge in [0.15, 0.2) is 11.5 Å². The molecule has 20 heavy (non-hydrogen) atoms. The summed E-state index contributed by atoms with van der Waals surface area (Å²) < 4.78 is 15.9. The van der Waals surface area contributed by atoms with Crippen LogP contribution in [0.3, 0.4) is 0 Å². The topological polar surface area (TPSA) is 65.0 Å². The van der Waals surface area contributed by atoms with Gasteiger partial charge >= 0.3 is 5.97 Å². The van der Waals surface area contributed by atoms with Crippen LogP contribution >= 0.6 is 11.6 Å². The Morgan fingerprint density at radius 3 is 2.15 bits per heavy atom. The van der Waals surface area contributed by atoms with Crippen LogP contribution in [0.4, 0.5) is 0 Å². The first-order valence-corrected chi connectivity index (χ1v) is 6.37. The second-order valence-corrected chi connectivity index (χ2v) is 5.36. The summed E-state index contributed by atoms with van der Waals surface area (Å²) in [6.07, 6.45) is -0.0940. The van der Waals surface area contributed by atoms with Crippen LogP contribution in [-0.2, 0) is 10.2 Å². The van der Waals surface area contributed by atoms with Crippen molar-refractivity contribution < 1.29 is 24.1 Å². The molecule has 0 aliphatic heterocycles. The summed E-state index contributed by atoms with van der Waals surface area (Å²) in [4.78, 5) is 11.1. The molecular weight excluding hydrogens is 284 g/mol. The molecule has 0 atom stereocenters. The van der Waals surface area contributed by atoms with E-state index in [2.05, 4.69) is 0 Å². The Morgan fingerprint density at radius 1 is 1.20 bits per heavy atom. The minimum atomic E-state index is -0.918. The zero-order valence-corrected chi connectivity index (χ0v) is 13.0. The average Bonchev–Trinajstić information content (AvgIpc) is 2.35. The van der Waals surface area contributed by atoms with Gasteiger partial charge in [0.25, 0.3) is 0 Å². The highest BCUT2D eigenvalue weighted by Crippen LogP contribution is 2.49. The molecule has 0 saturated heterocycles. The van der Waals surface area contributed by atoms with Crippen molar-refractivity contribution in [3.8, 4) is 17.2 Å². The number of hydrogen-bond donors (Lipinski definition) is 1. The van der Waals surface area contributed by atoms with Crippen LogP contribution in [0.15, 0.2) is 6.07 Å². The third-order valence-electron chi connectivity index (χ3n) is 3.05. The molecule has 0 aromatic heterocycles. The first kappa shape index (κ1) is 16.4. The normalized spacial score (nSPS) is 11.1. The van der Waals surface area contributed by atoms with Gasteiger partial charge in [-0.15, -0.1) is 0 Å². The number of benzene rings is 1. The van der Waals surface area contributed by atoms with E-state index in [9.17, 15) is 4.79 Å². The lowest BCUT2D eigenvalue weighted by Crippen LogP contribution is -2.23. The second kappa shape index (κ2) is 6.22. The highest BCUT2D eigenvalue weighted by Gasteiger charge is 2.34. The zero-order valence-electron chi connectivity index (χ0n) is 12.2.